The number of hydrogen-bond acceptors (Lipinski definition) is 5. The largest absolute Gasteiger partial charge is 0.249 e. The highest BCUT2D eigenvalue weighted by Crippen LogP contribution is 2.35. The van der Waals surface area contributed by atoms with Crippen molar-refractivity contribution in [1.29, 1.82) is 0 Å². The molecule has 0 amide bonds. The van der Waals surface area contributed by atoms with Gasteiger partial charge in [-0.05, 0) is 24.3 Å². The van der Waals surface area contributed by atoms with E-state index < -0.39 is 10.8 Å². The number of aliphatic imine (C=N–C) groups is 2. The maximum Gasteiger partial charge on any atom is 0.240 e. The van der Waals surface area contributed by atoms with Gasteiger partial charge in [-0.15, -0.1) is 0 Å². The van der Waals surface area contributed by atoms with E-state index >= 15 is 0 Å². The van der Waals surface area contributed by atoms with E-state index in [-0.39, 0.29) is 16.3 Å². The van der Waals surface area contributed by atoms with Crippen LogP contribution in [-0.2, 0) is 20.4 Å². The lowest BCUT2D eigenvalue weighted by molar-refractivity contribution is 0.564. The number of isocyanates is 2. The van der Waals surface area contributed by atoms with Crippen LogP contribution in [-0.4, -0.2) is 16.4 Å². The van der Waals surface area contributed by atoms with Gasteiger partial charge >= 0.3 is 0 Å². The third-order valence-corrected chi connectivity index (χ3v) is 3.89. The van der Waals surface area contributed by atoms with Gasteiger partial charge in [0.25, 0.3) is 0 Å². The molecule has 0 aliphatic carbocycles. The minimum atomic E-state index is -1.54. The first-order chi connectivity index (χ1) is 9.77. The van der Waals surface area contributed by atoms with Gasteiger partial charge in [0.15, 0.2) is 0 Å². The zero-order chi connectivity index (χ0) is 14.4. The lowest BCUT2D eigenvalue weighted by Crippen LogP contribution is -1.93. The molecule has 0 spiro atoms. The van der Waals surface area contributed by atoms with Crippen molar-refractivity contribution in [2.24, 2.45) is 9.98 Å². The molecule has 5 nitrogen and oxygen atoms in total. The lowest BCUT2D eigenvalue weighted by atomic mass is 10.3. The molecule has 1 atom stereocenters. The number of carbonyl (C=O) groups excluding carboxylic acids is 2. The fraction of sp³-hybridized carbons (Fsp3) is 0. The van der Waals surface area contributed by atoms with Gasteiger partial charge in [-0.2, -0.15) is 9.98 Å². The first-order valence-corrected chi connectivity index (χ1v) is 6.68. The highest BCUT2D eigenvalue weighted by molar-refractivity contribution is 7.85. The average Bonchev–Trinajstić information content (AvgIpc) is 2.49. The third kappa shape index (κ3) is 2.84. The van der Waals surface area contributed by atoms with E-state index in [1.165, 1.54) is 18.2 Å². The predicted octanol–water partition coefficient (Wildman–Crippen LogP) is 2.79. The van der Waals surface area contributed by atoms with Crippen molar-refractivity contribution in [3.05, 3.63) is 48.5 Å². The van der Waals surface area contributed by atoms with Gasteiger partial charge in [-0.1, -0.05) is 24.3 Å². The molecular weight excluding hydrogens is 276 g/mol. The van der Waals surface area contributed by atoms with Gasteiger partial charge in [0.1, 0.15) is 11.4 Å². The number of para-hydroxylation sites is 1. The van der Waals surface area contributed by atoms with Crippen molar-refractivity contribution < 1.29 is 13.8 Å². The molecule has 20 heavy (non-hydrogen) atoms. The Kier molecular flexibility index (Phi) is 4.47. The van der Waals surface area contributed by atoms with Crippen LogP contribution in [0.5, 0.6) is 0 Å². The highest BCUT2D eigenvalue weighted by Gasteiger charge is 2.15. The van der Waals surface area contributed by atoms with E-state index in [4.69, 9.17) is 0 Å². The van der Waals surface area contributed by atoms with Crippen molar-refractivity contribution in [1.82, 2.24) is 0 Å². The summed E-state index contributed by atoms with van der Waals surface area (Å²) in [6, 6.07) is 13.3. The summed E-state index contributed by atoms with van der Waals surface area (Å²) in [6.07, 6.45) is 2.76. The molecule has 2 rings (SSSR count). The number of hydrogen-bond donors (Lipinski definition) is 0. The van der Waals surface area contributed by atoms with Gasteiger partial charge < -0.3 is 0 Å². The molecule has 0 aromatic heterocycles. The molecule has 1 unspecified atom stereocenters. The van der Waals surface area contributed by atoms with Crippen LogP contribution in [0.2, 0.25) is 0 Å². The fourth-order valence-corrected chi connectivity index (χ4v) is 2.82. The fourth-order valence-electron chi connectivity index (χ4n) is 1.63. The van der Waals surface area contributed by atoms with Gasteiger partial charge in [0.05, 0.1) is 15.7 Å². The first kappa shape index (κ1) is 13.8. The Bertz CT molecular complexity index is 746. The smallest absolute Gasteiger partial charge is 0.240 e. The molecule has 2 aromatic rings. The molecule has 0 saturated carbocycles. The van der Waals surface area contributed by atoms with Gasteiger partial charge in [0, 0.05) is 4.90 Å². The minimum Gasteiger partial charge on any atom is -0.249 e. The summed E-state index contributed by atoms with van der Waals surface area (Å²) >= 11 is 0. The Morgan fingerprint density at radius 2 is 1.55 bits per heavy atom. The molecule has 0 fully saturated rings. The molecule has 0 radical (unpaired) electrons. The van der Waals surface area contributed by atoms with Crippen LogP contribution >= 0.6 is 0 Å². The van der Waals surface area contributed by atoms with Crippen LogP contribution in [0.1, 0.15) is 0 Å². The minimum absolute atomic E-state index is 0.0630. The number of rotatable bonds is 4. The Hall–Kier alpha value is -2.65. The van der Waals surface area contributed by atoms with E-state index in [0.717, 1.165) is 0 Å². The van der Waals surface area contributed by atoms with Gasteiger partial charge in [-0.3, -0.25) is 0 Å². The van der Waals surface area contributed by atoms with Crippen LogP contribution in [0.3, 0.4) is 0 Å². The van der Waals surface area contributed by atoms with E-state index in [2.05, 4.69) is 9.98 Å². The molecule has 0 aliphatic rings. The summed E-state index contributed by atoms with van der Waals surface area (Å²) in [5.41, 5.74) is 0.193. The van der Waals surface area contributed by atoms with Crippen LogP contribution in [0.15, 0.2) is 68.3 Å². The summed E-state index contributed by atoms with van der Waals surface area (Å²) in [6.45, 7) is 0. The van der Waals surface area contributed by atoms with E-state index in [1.807, 2.05) is 0 Å². The molecule has 0 aliphatic heterocycles. The Morgan fingerprint density at radius 3 is 2.20 bits per heavy atom. The summed E-state index contributed by atoms with van der Waals surface area (Å²) in [7, 11) is -1.54. The SMILES string of the molecule is O=C=Nc1cccc(S(=O)c2ccccc2)c1N=C=O. The topological polar surface area (TPSA) is 75.9 Å². The van der Waals surface area contributed by atoms with Crippen molar-refractivity contribution >= 4 is 34.3 Å². The van der Waals surface area contributed by atoms with Crippen molar-refractivity contribution in [2.45, 2.75) is 9.79 Å². The summed E-state index contributed by atoms with van der Waals surface area (Å²) < 4.78 is 12.5. The van der Waals surface area contributed by atoms with Crippen molar-refractivity contribution in [2.75, 3.05) is 0 Å². The third-order valence-electron chi connectivity index (χ3n) is 2.46. The van der Waals surface area contributed by atoms with E-state index in [9.17, 15) is 13.8 Å². The highest BCUT2D eigenvalue weighted by atomic mass is 32.2. The maximum atomic E-state index is 12.5. The number of nitrogens with zero attached hydrogens (tertiary/aromatic N) is 2. The molecule has 0 N–H and O–H groups in total. The van der Waals surface area contributed by atoms with Gasteiger partial charge in [0.2, 0.25) is 12.2 Å². The Balaban J connectivity index is 2.62. The molecule has 2 aromatic carbocycles. The second-order valence-corrected chi connectivity index (χ2v) is 5.06. The monoisotopic (exact) mass is 284 g/mol. The second kappa shape index (κ2) is 6.50. The second-order valence-electron chi connectivity index (χ2n) is 3.61. The van der Waals surface area contributed by atoms with Crippen LogP contribution in [0.25, 0.3) is 0 Å². The van der Waals surface area contributed by atoms with E-state index in [1.54, 1.807) is 42.5 Å². The van der Waals surface area contributed by atoms with Crippen LogP contribution < -0.4 is 0 Å². The molecular formula is C14H8N2O3S. The summed E-state index contributed by atoms with van der Waals surface area (Å²) in [5.74, 6) is 0. The molecule has 0 bridgehead atoms. The zero-order valence-corrected chi connectivity index (χ0v) is 11.0. The molecule has 98 valence electrons. The molecule has 0 heterocycles. The standard InChI is InChI=1S/C14H8N2O3S/c17-9-15-12-7-4-8-13(14(12)16-10-18)20(19)11-5-2-1-3-6-11/h1-8H. The Labute approximate surface area is 117 Å². The quantitative estimate of drug-likeness (QED) is 0.640. The van der Waals surface area contributed by atoms with Crippen LogP contribution in [0, 0.1) is 0 Å². The zero-order valence-electron chi connectivity index (χ0n) is 10.1. The van der Waals surface area contributed by atoms with Crippen molar-refractivity contribution in [3.8, 4) is 0 Å². The molecule has 0 saturated heterocycles. The van der Waals surface area contributed by atoms with Crippen LogP contribution in [0.4, 0.5) is 11.4 Å². The normalized spacial score (nSPS) is 11.0. The van der Waals surface area contributed by atoms with Crippen molar-refractivity contribution in [3.63, 3.8) is 0 Å². The predicted molar refractivity (Wildman–Crippen MR) is 73.1 cm³/mol. The lowest BCUT2D eigenvalue weighted by Gasteiger charge is -2.06. The molecule has 6 heteroatoms. The average molecular weight is 284 g/mol. The van der Waals surface area contributed by atoms with Gasteiger partial charge in [-0.25, -0.2) is 13.8 Å². The number of benzene rings is 2. The summed E-state index contributed by atoms with van der Waals surface area (Å²) in [5, 5.41) is 0. The van der Waals surface area contributed by atoms with E-state index in [0.29, 0.717) is 4.90 Å². The summed E-state index contributed by atoms with van der Waals surface area (Å²) in [4.78, 5) is 28.7. The first-order valence-electron chi connectivity index (χ1n) is 5.53. The maximum absolute atomic E-state index is 12.5. The Morgan fingerprint density at radius 1 is 0.850 bits per heavy atom.